The van der Waals surface area contributed by atoms with E-state index in [1.165, 1.54) is 4.70 Å². The molecule has 6 heteroatoms. The van der Waals surface area contributed by atoms with E-state index in [9.17, 15) is 10.2 Å². The van der Waals surface area contributed by atoms with Crippen LogP contribution in [0.25, 0.3) is 10.2 Å². The molecule has 0 amide bonds. The lowest BCUT2D eigenvalue weighted by molar-refractivity contribution is 0.426. The van der Waals surface area contributed by atoms with Gasteiger partial charge < -0.3 is 10.2 Å². The van der Waals surface area contributed by atoms with Gasteiger partial charge in [-0.05, 0) is 31.2 Å². The molecule has 0 saturated carbocycles. The number of para-hydroxylation sites is 1. The number of hydrogen-bond donors (Lipinski definition) is 4. The summed E-state index contributed by atoms with van der Waals surface area (Å²) in [5.74, 6) is 0.369. The van der Waals surface area contributed by atoms with E-state index in [0.717, 1.165) is 22.6 Å². The molecule has 0 bridgehead atoms. The first-order chi connectivity index (χ1) is 11.1. The zero-order valence-corrected chi connectivity index (χ0v) is 13.4. The van der Waals surface area contributed by atoms with Gasteiger partial charge in [-0.15, -0.1) is 11.3 Å². The molecule has 0 radical (unpaired) electrons. The molecule has 1 aliphatic heterocycles. The van der Waals surface area contributed by atoms with Crippen molar-refractivity contribution in [3.8, 4) is 11.5 Å². The number of phenolic OH excluding ortho intramolecular Hbond substituents is 2. The minimum absolute atomic E-state index is 0.0881. The standard InChI is InChI=1S/C17H17N3O2S/c1-9-13(21)7-6-10(16(9)22)15-11(8-18-20-15)17-19-12-4-2-3-5-14(12)23-17/h2-7,11,15,18,20-22H,8H2,1H3. The highest BCUT2D eigenvalue weighted by Crippen LogP contribution is 2.42. The topological polar surface area (TPSA) is 77.4 Å². The number of nitrogens with one attached hydrogen (secondary N) is 2. The third-order valence-electron chi connectivity index (χ3n) is 4.38. The lowest BCUT2D eigenvalue weighted by Crippen LogP contribution is -2.25. The van der Waals surface area contributed by atoms with Gasteiger partial charge >= 0.3 is 0 Å². The number of thiazole rings is 1. The van der Waals surface area contributed by atoms with E-state index in [-0.39, 0.29) is 23.5 Å². The quantitative estimate of drug-likeness (QED) is 0.582. The summed E-state index contributed by atoms with van der Waals surface area (Å²) in [6.07, 6.45) is 0. The van der Waals surface area contributed by atoms with E-state index in [2.05, 4.69) is 16.9 Å². The zero-order valence-electron chi connectivity index (χ0n) is 12.6. The van der Waals surface area contributed by atoms with Crippen LogP contribution in [0.5, 0.6) is 11.5 Å². The number of hydrazine groups is 1. The number of rotatable bonds is 2. The maximum Gasteiger partial charge on any atom is 0.127 e. The van der Waals surface area contributed by atoms with Gasteiger partial charge in [0.05, 0.1) is 16.3 Å². The molecule has 4 rings (SSSR count). The molecule has 2 atom stereocenters. The molecule has 4 N–H and O–H groups in total. The van der Waals surface area contributed by atoms with Crippen LogP contribution in [-0.4, -0.2) is 21.7 Å². The second-order valence-corrected chi connectivity index (χ2v) is 6.84. The van der Waals surface area contributed by atoms with Gasteiger partial charge in [0.15, 0.2) is 0 Å². The van der Waals surface area contributed by atoms with Crippen LogP contribution >= 0.6 is 11.3 Å². The van der Waals surface area contributed by atoms with Crippen LogP contribution in [0, 0.1) is 6.92 Å². The molecule has 1 aromatic heterocycles. The monoisotopic (exact) mass is 327 g/mol. The Kier molecular flexibility index (Phi) is 3.45. The minimum atomic E-state index is -0.0881. The van der Waals surface area contributed by atoms with Gasteiger partial charge in [0.2, 0.25) is 0 Å². The number of aromatic hydroxyl groups is 2. The van der Waals surface area contributed by atoms with Crippen LogP contribution < -0.4 is 10.9 Å². The minimum Gasteiger partial charge on any atom is -0.508 e. The van der Waals surface area contributed by atoms with E-state index in [1.54, 1.807) is 30.4 Å². The number of hydrogen-bond acceptors (Lipinski definition) is 6. The van der Waals surface area contributed by atoms with Crippen LogP contribution in [0.1, 0.15) is 28.1 Å². The van der Waals surface area contributed by atoms with Crippen molar-refractivity contribution in [3.63, 3.8) is 0 Å². The molecular formula is C17H17N3O2S. The van der Waals surface area contributed by atoms with E-state index in [4.69, 9.17) is 4.98 Å². The van der Waals surface area contributed by atoms with E-state index in [1.807, 2.05) is 18.2 Å². The number of phenols is 2. The van der Waals surface area contributed by atoms with Gasteiger partial charge in [-0.1, -0.05) is 12.1 Å². The fourth-order valence-electron chi connectivity index (χ4n) is 3.03. The summed E-state index contributed by atoms with van der Waals surface area (Å²) in [5.41, 5.74) is 8.67. The van der Waals surface area contributed by atoms with E-state index >= 15 is 0 Å². The molecule has 1 fully saturated rings. The number of fused-ring (bicyclic) bond motifs is 1. The highest BCUT2D eigenvalue weighted by Gasteiger charge is 2.34. The van der Waals surface area contributed by atoms with Crippen molar-refractivity contribution in [2.75, 3.05) is 6.54 Å². The van der Waals surface area contributed by atoms with Crippen molar-refractivity contribution in [3.05, 3.63) is 52.5 Å². The van der Waals surface area contributed by atoms with Crippen molar-refractivity contribution in [1.82, 2.24) is 15.8 Å². The second kappa shape index (κ2) is 5.49. The summed E-state index contributed by atoms with van der Waals surface area (Å²) in [6, 6.07) is 11.4. The molecule has 2 unspecified atom stereocenters. The average Bonchev–Trinajstić information content (AvgIpc) is 3.18. The summed E-state index contributed by atoms with van der Waals surface area (Å²) < 4.78 is 1.17. The van der Waals surface area contributed by atoms with E-state index in [0.29, 0.717) is 5.56 Å². The summed E-state index contributed by atoms with van der Waals surface area (Å²) in [4.78, 5) is 4.75. The van der Waals surface area contributed by atoms with Crippen LogP contribution in [0.15, 0.2) is 36.4 Å². The van der Waals surface area contributed by atoms with E-state index < -0.39 is 0 Å². The fraction of sp³-hybridized carbons (Fsp3) is 0.235. The molecule has 2 heterocycles. The number of nitrogens with zero attached hydrogens (tertiary/aromatic N) is 1. The third kappa shape index (κ3) is 2.35. The maximum atomic E-state index is 10.4. The number of aromatic nitrogens is 1. The summed E-state index contributed by atoms with van der Waals surface area (Å²) >= 11 is 1.68. The van der Waals surface area contributed by atoms with Crippen LogP contribution in [-0.2, 0) is 0 Å². The Morgan fingerprint density at radius 3 is 2.83 bits per heavy atom. The first kappa shape index (κ1) is 14.4. The van der Waals surface area contributed by atoms with Gasteiger partial charge in [-0.3, -0.25) is 5.43 Å². The Bertz CT molecular complexity index is 844. The molecule has 118 valence electrons. The van der Waals surface area contributed by atoms with Crippen molar-refractivity contribution < 1.29 is 10.2 Å². The van der Waals surface area contributed by atoms with Crippen LogP contribution in [0.2, 0.25) is 0 Å². The Morgan fingerprint density at radius 2 is 2.00 bits per heavy atom. The van der Waals surface area contributed by atoms with Gasteiger partial charge in [0, 0.05) is 23.6 Å². The summed E-state index contributed by atoms with van der Waals surface area (Å²) in [6.45, 7) is 2.45. The Balaban J connectivity index is 1.76. The third-order valence-corrected chi connectivity index (χ3v) is 5.55. The zero-order chi connectivity index (χ0) is 16.0. The second-order valence-electron chi connectivity index (χ2n) is 5.78. The molecule has 23 heavy (non-hydrogen) atoms. The lowest BCUT2D eigenvalue weighted by Gasteiger charge is -2.19. The highest BCUT2D eigenvalue weighted by atomic mass is 32.1. The normalized spacial score (nSPS) is 21.1. The van der Waals surface area contributed by atoms with Crippen molar-refractivity contribution in [2.24, 2.45) is 0 Å². The summed E-state index contributed by atoms with van der Waals surface area (Å²) in [7, 11) is 0. The molecule has 5 nitrogen and oxygen atoms in total. The number of benzene rings is 2. The smallest absolute Gasteiger partial charge is 0.127 e. The van der Waals surface area contributed by atoms with Crippen LogP contribution in [0.3, 0.4) is 0 Å². The molecule has 1 aliphatic rings. The first-order valence-corrected chi connectivity index (χ1v) is 8.32. The predicted octanol–water partition coefficient (Wildman–Crippen LogP) is 2.95. The Morgan fingerprint density at radius 1 is 1.17 bits per heavy atom. The Hall–Kier alpha value is -2.15. The van der Waals surface area contributed by atoms with Gasteiger partial charge in [-0.25, -0.2) is 10.4 Å². The van der Waals surface area contributed by atoms with Crippen molar-refractivity contribution >= 4 is 21.6 Å². The average molecular weight is 327 g/mol. The highest BCUT2D eigenvalue weighted by molar-refractivity contribution is 7.18. The molecular weight excluding hydrogens is 310 g/mol. The maximum absolute atomic E-state index is 10.4. The lowest BCUT2D eigenvalue weighted by atomic mass is 9.93. The SMILES string of the molecule is Cc1c(O)ccc(C2NNCC2c2nc3ccccc3s2)c1O. The van der Waals surface area contributed by atoms with Crippen molar-refractivity contribution in [2.45, 2.75) is 18.9 Å². The molecule has 0 spiro atoms. The van der Waals surface area contributed by atoms with Gasteiger partial charge in [0.25, 0.3) is 0 Å². The van der Waals surface area contributed by atoms with Gasteiger partial charge in [-0.2, -0.15) is 0 Å². The fourth-order valence-corrected chi connectivity index (χ4v) is 4.14. The molecule has 0 aliphatic carbocycles. The molecule has 3 aromatic rings. The largest absolute Gasteiger partial charge is 0.508 e. The molecule has 1 saturated heterocycles. The predicted molar refractivity (Wildman–Crippen MR) is 90.7 cm³/mol. The Labute approximate surface area is 137 Å². The molecule has 2 aromatic carbocycles. The van der Waals surface area contributed by atoms with Crippen LogP contribution in [0.4, 0.5) is 0 Å². The summed E-state index contributed by atoms with van der Waals surface area (Å²) in [5, 5.41) is 21.2. The first-order valence-electron chi connectivity index (χ1n) is 7.50. The van der Waals surface area contributed by atoms with Gasteiger partial charge in [0.1, 0.15) is 16.5 Å². The van der Waals surface area contributed by atoms with Crippen molar-refractivity contribution in [1.29, 1.82) is 0 Å².